The Kier molecular flexibility index (Phi) is 3.66. The molecule has 1 amide bonds. The molecule has 1 aliphatic heterocycles. The summed E-state index contributed by atoms with van der Waals surface area (Å²) in [6, 6.07) is 0. The topological polar surface area (TPSA) is 75.6 Å². The summed E-state index contributed by atoms with van der Waals surface area (Å²) in [5, 5.41) is 12.1. The number of rotatable bonds is 3. The summed E-state index contributed by atoms with van der Waals surface area (Å²) in [7, 11) is 0. The van der Waals surface area contributed by atoms with Crippen molar-refractivity contribution in [3.63, 3.8) is 0 Å². The van der Waals surface area contributed by atoms with Crippen molar-refractivity contribution < 1.29 is 19.4 Å². The molecule has 0 aromatic heterocycles. The lowest BCUT2D eigenvalue weighted by molar-refractivity contribution is -0.152. The van der Waals surface area contributed by atoms with Gasteiger partial charge in [-0.15, -0.1) is 0 Å². The Morgan fingerprint density at radius 1 is 1.18 bits per heavy atom. The first-order chi connectivity index (χ1) is 8.14. The molecule has 1 saturated heterocycles. The first kappa shape index (κ1) is 12.4. The number of hydrogen-bond donors (Lipinski definition) is 2. The van der Waals surface area contributed by atoms with Gasteiger partial charge in [-0.3, -0.25) is 4.79 Å². The van der Waals surface area contributed by atoms with Crippen molar-refractivity contribution in [3.05, 3.63) is 0 Å². The van der Waals surface area contributed by atoms with Crippen LogP contribution in [0, 0.1) is 5.92 Å². The number of carboxylic acid groups (broad SMARTS) is 1. The summed E-state index contributed by atoms with van der Waals surface area (Å²) in [6.07, 6.45) is 4.64. The molecule has 2 fully saturated rings. The van der Waals surface area contributed by atoms with E-state index < -0.39 is 11.5 Å². The van der Waals surface area contributed by atoms with E-state index in [0.717, 1.165) is 25.7 Å². The third-order valence-electron chi connectivity index (χ3n) is 3.84. The molecule has 0 aromatic rings. The second-order valence-electron chi connectivity index (χ2n) is 4.97. The number of nitrogens with one attached hydrogen (secondary N) is 1. The molecule has 1 heterocycles. The Bertz CT molecular complexity index is 304. The molecule has 2 N–H and O–H groups in total. The van der Waals surface area contributed by atoms with Crippen molar-refractivity contribution in [2.24, 2.45) is 5.92 Å². The van der Waals surface area contributed by atoms with Gasteiger partial charge in [0, 0.05) is 32.0 Å². The lowest BCUT2D eigenvalue weighted by Crippen LogP contribution is -2.58. The van der Waals surface area contributed by atoms with Gasteiger partial charge in [0.2, 0.25) is 5.91 Å². The molecule has 0 unspecified atom stereocenters. The van der Waals surface area contributed by atoms with Crippen LogP contribution in [0.2, 0.25) is 0 Å². The summed E-state index contributed by atoms with van der Waals surface area (Å²) >= 11 is 0. The third kappa shape index (κ3) is 2.60. The summed E-state index contributed by atoms with van der Waals surface area (Å²) in [5.41, 5.74) is -1.10. The standard InChI is InChI=1S/C12H19NO4/c14-10(9-3-1-2-4-9)13-12(11(15)16)5-7-17-8-6-12/h9H,1-8H2,(H,13,14)(H,15,16). The fourth-order valence-corrected chi connectivity index (χ4v) is 2.64. The zero-order valence-electron chi connectivity index (χ0n) is 9.91. The van der Waals surface area contributed by atoms with Crippen LogP contribution in [0.1, 0.15) is 38.5 Å². The van der Waals surface area contributed by atoms with Crippen molar-refractivity contribution in [3.8, 4) is 0 Å². The van der Waals surface area contributed by atoms with Crippen LogP contribution in [-0.4, -0.2) is 35.7 Å². The SMILES string of the molecule is O=C(NC1(C(=O)O)CCOCC1)C1CCCC1. The van der Waals surface area contributed by atoms with Gasteiger partial charge in [-0.2, -0.15) is 0 Å². The summed E-state index contributed by atoms with van der Waals surface area (Å²) in [6.45, 7) is 0.800. The molecule has 0 radical (unpaired) electrons. The summed E-state index contributed by atoms with van der Waals surface area (Å²) in [5.74, 6) is -1.02. The minimum absolute atomic E-state index is 0.00840. The van der Waals surface area contributed by atoms with E-state index in [1.54, 1.807) is 0 Å². The largest absolute Gasteiger partial charge is 0.480 e. The van der Waals surface area contributed by atoms with Gasteiger partial charge >= 0.3 is 5.97 Å². The van der Waals surface area contributed by atoms with Crippen molar-refractivity contribution in [2.45, 2.75) is 44.1 Å². The Labute approximate surface area is 101 Å². The van der Waals surface area contributed by atoms with E-state index in [0.29, 0.717) is 26.1 Å². The molecule has 0 atom stereocenters. The highest BCUT2D eigenvalue weighted by Crippen LogP contribution is 2.27. The van der Waals surface area contributed by atoms with Crippen molar-refractivity contribution in [1.29, 1.82) is 0 Å². The van der Waals surface area contributed by atoms with E-state index in [1.807, 2.05) is 0 Å². The van der Waals surface area contributed by atoms with E-state index in [-0.39, 0.29) is 11.8 Å². The Balaban J connectivity index is 2.01. The average molecular weight is 241 g/mol. The number of aliphatic carboxylic acids is 1. The lowest BCUT2D eigenvalue weighted by atomic mass is 9.89. The van der Waals surface area contributed by atoms with Gasteiger partial charge in [0.15, 0.2) is 0 Å². The Hall–Kier alpha value is -1.10. The highest BCUT2D eigenvalue weighted by Gasteiger charge is 2.42. The van der Waals surface area contributed by atoms with Crippen LogP contribution in [0.5, 0.6) is 0 Å². The molecule has 0 bridgehead atoms. The molecular weight excluding hydrogens is 222 g/mol. The molecule has 2 rings (SSSR count). The fourth-order valence-electron chi connectivity index (χ4n) is 2.64. The number of hydrogen-bond acceptors (Lipinski definition) is 3. The van der Waals surface area contributed by atoms with Gasteiger partial charge in [-0.25, -0.2) is 4.79 Å². The van der Waals surface area contributed by atoms with E-state index >= 15 is 0 Å². The summed E-state index contributed by atoms with van der Waals surface area (Å²) in [4.78, 5) is 23.4. The zero-order valence-corrected chi connectivity index (χ0v) is 9.91. The van der Waals surface area contributed by atoms with E-state index in [2.05, 4.69) is 5.32 Å². The normalized spacial score (nSPS) is 24.5. The smallest absolute Gasteiger partial charge is 0.329 e. The van der Waals surface area contributed by atoms with Crippen LogP contribution in [0.4, 0.5) is 0 Å². The molecule has 0 spiro atoms. The van der Waals surface area contributed by atoms with Crippen LogP contribution < -0.4 is 5.32 Å². The van der Waals surface area contributed by atoms with Crippen LogP contribution in [-0.2, 0) is 14.3 Å². The second-order valence-corrected chi connectivity index (χ2v) is 4.97. The molecular formula is C12H19NO4. The molecule has 96 valence electrons. The van der Waals surface area contributed by atoms with Gasteiger partial charge in [-0.05, 0) is 12.8 Å². The van der Waals surface area contributed by atoms with Gasteiger partial charge in [0.1, 0.15) is 5.54 Å². The third-order valence-corrected chi connectivity index (χ3v) is 3.84. The molecule has 2 aliphatic rings. The summed E-state index contributed by atoms with van der Waals surface area (Å²) < 4.78 is 5.17. The average Bonchev–Trinajstić information content (AvgIpc) is 2.83. The van der Waals surface area contributed by atoms with Gasteiger partial charge in [0.05, 0.1) is 0 Å². The maximum atomic E-state index is 12.0. The molecule has 1 aliphatic carbocycles. The van der Waals surface area contributed by atoms with Crippen LogP contribution in [0.15, 0.2) is 0 Å². The first-order valence-electron chi connectivity index (χ1n) is 6.27. The number of carbonyl (C=O) groups is 2. The van der Waals surface area contributed by atoms with Gasteiger partial charge in [0.25, 0.3) is 0 Å². The number of amides is 1. The monoisotopic (exact) mass is 241 g/mol. The fraction of sp³-hybridized carbons (Fsp3) is 0.833. The molecule has 5 nitrogen and oxygen atoms in total. The van der Waals surface area contributed by atoms with Gasteiger partial charge < -0.3 is 15.2 Å². The number of carboxylic acids is 1. The number of carbonyl (C=O) groups excluding carboxylic acids is 1. The predicted octanol–water partition coefficient (Wildman–Crippen LogP) is 0.927. The van der Waals surface area contributed by atoms with Gasteiger partial charge in [-0.1, -0.05) is 12.8 Å². The van der Waals surface area contributed by atoms with Crippen LogP contribution in [0.25, 0.3) is 0 Å². The van der Waals surface area contributed by atoms with Crippen molar-refractivity contribution in [2.75, 3.05) is 13.2 Å². The van der Waals surface area contributed by atoms with Crippen molar-refractivity contribution in [1.82, 2.24) is 5.32 Å². The predicted molar refractivity (Wildman–Crippen MR) is 60.5 cm³/mol. The Morgan fingerprint density at radius 2 is 1.76 bits per heavy atom. The van der Waals surface area contributed by atoms with Crippen LogP contribution in [0.3, 0.4) is 0 Å². The highest BCUT2D eigenvalue weighted by atomic mass is 16.5. The van der Waals surface area contributed by atoms with Crippen LogP contribution >= 0.6 is 0 Å². The Morgan fingerprint density at radius 3 is 2.29 bits per heavy atom. The van der Waals surface area contributed by atoms with E-state index in [4.69, 9.17) is 4.74 Å². The molecule has 5 heteroatoms. The maximum Gasteiger partial charge on any atom is 0.329 e. The van der Waals surface area contributed by atoms with E-state index in [1.165, 1.54) is 0 Å². The minimum Gasteiger partial charge on any atom is -0.480 e. The molecule has 0 aromatic carbocycles. The highest BCUT2D eigenvalue weighted by molar-refractivity contribution is 5.88. The first-order valence-corrected chi connectivity index (χ1v) is 6.27. The second kappa shape index (κ2) is 5.04. The zero-order chi connectivity index (χ0) is 12.3. The molecule has 17 heavy (non-hydrogen) atoms. The maximum absolute atomic E-state index is 12.0. The quantitative estimate of drug-likeness (QED) is 0.770. The van der Waals surface area contributed by atoms with Crippen molar-refractivity contribution >= 4 is 11.9 Å². The molecule has 1 saturated carbocycles. The lowest BCUT2D eigenvalue weighted by Gasteiger charge is -2.34. The number of ether oxygens (including phenoxy) is 1. The van der Waals surface area contributed by atoms with E-state index in [9.17, 15) is 14.7 Å². The minimum atomic E-state index is -1.10.